The predicted octanol–water partition coefficient (Wildman–Crippen LogP) is 2.85. The van der Waals surface area contributed by atoms with Gasteiger partial charge in [-0.3, -0.25) is 0 Å². The van der Waals surface area contributed by atoms with E-state index in [0.717, 1.165) is 54.3 Å². The lowest BCUT2D eigenvalue weighted by Gasteiger charge is -2.32. The summed E-state index contributed by atoms with van der Waals surface area (Å²) in [4.78, 5) is 23.6. The molecule has 7 heteroatoms. The minimum Gasteiger partial charge on any atom is -0.378 e. The summed E-state index contributed by atoms with van der Waals surface area (Å²) in [5.41, 5.74) is 0.942. The smallest absolute Gasteiger partial charge is 0.320 e. The Morgan fingerprint density at radius 1 is 0.962 bits per heavy atom. The molecule has 2 saturated heterocycles. The van der Waals surface area contributed by atoms with Gasteiger partial charge < -0.3 is 19.4 Å². The van der Waals surface area contributed by atoms with Gasteiger partial charge in [0.15, 0.2) is 0 Å². The lowest BCUT2D eigenvalue weighted by atomic mass is 10.2. The minimum atomic E-state index is 0.135. The fourth-order valence-electron chi connectivity index (χ4n) is 3.55. The van der Waals surface area contributed by atoms with Gasteiger partial charge in [-0.05, 0) is 36.8 Å². The summed E-state index contributed by atoms with van der Waals surface area (Å²) < 4.78 is 5.34. The van der Waals surface area contributed by atoms with Crippen molar-refractivity contribution in [3.05, 3.63) is 35.4 Å². The van der Waals surface area contributed by atoms with Crippen LogP contribution in [0.1, 0.15) is 6.42 Å². The third-order valence-corrected chi connectivity index (χ3v) is 5.24. The third-order valence-electron chi connectivity index (χ3n) is 5.01. The highest BCUT2D eigenvalue weighted by Gasteiger charge is 2.25. The molecule has 0 aliphatic carbocycles. The summed E-state index contributed by atoms with van der Waals surface area (Å²) in [6, 6.07) is 9.98. The summed E-state index contributed by atoms with van der Waals surface area (Å²) >= 11 is 6.05. The van der Waals surface area contributed by atoms with E-state index in [0.29, 0.717) is 26.3 Å². The van der Waals surface area contributed by atoms with Gasteiger partial charge in [0, 0.05) is 49.7 Å². The number of fused-ring (bicyclic) bond motifs is 1. The number of morpholine rings is 1. The van der Waals surface area contributed by atoms with Crippen LogP contribution >= 0.6 is 11.6 Å². The zero-order chi connectivity index (χ0) is 17.9. The number of pyridine rings is 1. The van der Waals surface area contributed by atoms with Gasteiger partial charge in [-0.25, -0.2) is 9.78 Å². The van der Waals surface area contributed by atoms with E-state index in [-0.39, 0.29) is 6.03 Å². The van der Waals surface area contributed by atoms with Crippen molar-refractivity contribution in [2.75, 3.05) is 57.4 Å². The minimum absolute atomic E-state index is 0.135. The average molecular weight is 375 g/mol. The molecule has 2 aliphatic rings. The Kier molecular flexibility index (Phi) is 5.13. The topological polar surface area (TPSA) is 48.9 Å². The summed E-state index contributed by atoms with van der Waals surface area (Å²) in [6.07, 6.45) is 0.941. The molecule has 0 atom stereocenters. The van der Waals surface area contributed by atoms with Gasteiger partial charge in [-0.2, -0.15) is 0 Å². The molecule has 2 fully saturated rings. The van der Waals surface area contributed by atoms with Gasteiger partial charge in [-0.15, -0.1) is 0 Å². The lowest BCUT2D eigenvalue weighted by Crippen LogP contribution is -2.49. The van der Waals surface area contributed by atoms with E-state index in [9.17, 15) is 4.79 Å². The number of benzene rings is 1. The van der Waals surface area contributed by atoms with Crippen molar-refractivity contribution in [1.29, 1.82) is 0 Å². The summed E-state index contributed by atoms with van der Waals surface area (Å²) in [7, 11) is 0. The standard InChI is InChI=1S/C19H23ClN4O2/c20-16-3-4-17-15(14-16)2-5-18(21-17)22-6-1-7-23(9-8-22)19(25)24-10-12-26-13-11-24/h2-5,14H,1,6-13H2. The Labute approximate surface area is 158 Å². The number of hydrogen-bond acceptors (Lipinski definition) is 4. The van der Waals surface area contributed by atoms with Crippen molar-refractivity contribution in [3.8, 4) is 0 Å². The Morgan fingerprint density at radius 2 is 1.77 bits per heavy atom. The number of amides is 2. The first-order chi connectivity index (χ1) is 12.7. The molecule has 0 spiro atoms. The molecule has 6 nitrogen and oxygen atoms in total. The number of urea groups is 1. The monoisotopic (exact) mass is 374 g/mol. The molecule has 4 rings (SSSR count). The quantitative estimate of drug-likeness (QED) is 0.770. The van der Waals surface area contributed by atoms with Gasteiger partial charge in [0.05, 0.1) is 18.7 Å². The molecule has 0 N–H and O–H groups in total. The van der Waals surface area contributed by atoms with Crippen molar-refractivity contribution < 1.29 is 9.53 Å². The van der Waals surface area contributed by atoms with Crippen LogP contribution in [0.2, 0.25) is 5.02 Å². The van der Waals surface area contributed by atoms with Gasteiger partial charge in [-0.1, -0.05) is 11.6 Å². The van der Waals surface area contributed by atoms with Crippen LogP contribution in [0.5, 0.6) is 0 Å². The summed E-state index contributed by atoms with van der Waals surface area (Å²) in [5.74, 6) is 0.959. The van der Waals surface area contributed by atoms with Gasteiger partial charge in [0.25, 0.3) is 0 Å². The molecule has 0 saturated carbocycles. The number of ether oxygens (including phenoxy) is 1. The van der Waals surface area contributed by atoms with Crippen molar-refractivity contribution in [1.82, 2.24) is 14.8 Å². The highest BCUT2D eigenvalue weighted by Crippen LogP contribution is 2.22. The molecule has 0 bridgehead atoms. The first kappa shape index (κ1) is 17.4. The van der Waals surface area contributed by atoms with Crippen LogP contribution in [0.25, 0.3) is 10.9 Å². The second-order valence-corrected chi connectivity index (χ2v) is 7.15. The number of carbonyl (C=O) groups is 1. The van der Waals surface area contributed by atoms with Crippen molar-refractivity contribution >= 4 is 34.4 Å². The fourth-order valence-corrected chi connectivity index (χ4v) is 3.73. The van der Waals surface area contributed by atoms with Crippen LogP contribution in [0.15, 0.2) is 30.3 Å². The molecule has 2 amide bonds. The maximum Gasteiger partial charge on any atom is 0.320 e. The highest BCUT2D eigenvalue weighted by molar-refractivity contribution is 6.31. The van der Waals surface area contributed by atoms with E-state index in [1.54, 1.807) is 0 Å². The van der Waals surface area contributed by atoms with E-state index in [1.165, 1.54) is 0 Å². The van der Waals surface area contributed by atoms with Crippen LogP contribution in [-0.2, 0) is 4.74 Å². The highest BCUT2D eigenvalue weighted by atomic mass is 35.5. The second-order valence-electron chi connectivity index (χ2n) is 6.72. The van der Waals surface area contributed by atoms with Crippen molar-refractivity contribution in [2.45, 2.75) is 6.42 Å². The van der Waals surface area contributed by atoms with E-state index < -0.39 is 0 Å². The first-order valence-electron chi connectivity index (χ1n) is 9.13. The van der Waals surface area contributed by atoms with Crippen LogP contribution in [-0.4, -0.2) is 73.3 Å². The van der Waals surface area contributed by atoms with Crippen LogP contribution in [0.3, 0.4) is 0 Å². The number of anilines is 1. The Balaban J connectivity index is 1.44. The zero-order valence-corrected chi connectivity index (χ0v) is 15.5. The van der Waals surface area contributed by atoms with Crippen molar-refractivity contribution in [2.24, 2.45) is 0 Å². The molecular formula is C19H23ClN4O2. The number of aromatic nitrogens is 1. The van der Waals surface area contributed by atoms with Gasteiger partial charge in [0.2, 0.25) is 0 Å². The molecule has 3 heterocycles. The SMILES string of the molecule is O=C(N1CCOCC1)N1CCCN(c2ccc3cc(Cl)ccc3n2)CC1. The van der Waals surface area contributed by atoms with E-state index in [4.69, 9.17) is 21.3 Å². The van der Waals surface area contributed by atoms with E-state index in [1.807, 2.05) is 34.1 Å². The fraction of sp³-hybridized carbons (Fsp3) is 0.474. The third kappa shape index (κ3) is 3.71. The second kappa shape index (κ2) is 7.68. The Bertz CT molecular complexity index is 794. The van der Waals surface area contributed by atoms with Crippen LogP contribution in [0, 0.1) is 0 Å². The summed E-state index contributed by atoms with van der Waals surface area (Å²) in [5, 5.41) is 1.76. The Morgan fingerprint density at radius 3 is 2.62 bits per heavy atom. The number of halogens is 1. The molecule has 1 aromatic carbocycles. The van der Waals surface area contributed by atoms with Crippen LogP contribution < -0.4 is 4.90 Å². The largest absolute Gasteiger partial charge is 0.378 e. The zero-order valence-electron chi connectivity index (χ0n) is 14.7. The number of rotatable bonds is 1. The maximum atomic E-state index is 12.7. The molecule has 138 valence electrons. The average Bonchev–Trinajstić information content (AvgIpc) is 2.94. The van der Waals surface area contributed by atoms with Gasteiger partial charge >= 0.3 is 6.03 Å². The molecule has 0 radical (unpaired) electrons. The molecule has 2 aromatic rings. The predicted molar refractivity (Wildman–Crippen MR) is 103 cm³/mol. The normalized spacial score (nSPS) is 18.9. The Hall–Kier alpha value is -2.05. The number of hydrogen-bond donors (Lipinski definition) is 0. The molecule has 0 unspecified atom stereocenters. The summed E-state index contributed by atoms with van der Waals surface area (Å²) in [6.45, 7) is 5.85. The van der Waals surface area contributed by atoms with Gasteiger partial charge in [0.1, 0.15) is 5.82 Å². The van der Waals surface area contributed by atoms with Crippen molar-refractivity contribution in [3.63, 3.8) is 0 Å². The van der Waals surface area contributed by atoms with Crippen LogP contribution in [0.4, 0.5) is 10.6 Å². The van der Waals surface area contributed by atoms with E-state index >= 15 is 0 Å². The molecule has 2 aliphatic heterocycles. The molecule has 1 aromatic heterocycles. The molecule has 26 heavy (non-hydrogen) atoms. The number of carbonyl (C=O) groups excluding carboxylic acids is 1. The van der Waals surface area contributed by atoms with E-state index in [2.05, 4.69) is 11.0 Å². The number of nitrogens with zero attached hydrogens (tertiary/aromatic N) is 4. The maximum absolute atomic E-state index is 12.7. The lowest BCUT2D eigenvalue weighted by molar-refractivity contribution is 0.0438. The first-order valence-corrected chi connectivity index (χ1v) is 9.51. The molecular weight excluding hydrogens is 352 g/mol.